The second kappa shape index (κ2) is 9.11. The summed E-state index contributed by atoms with van der Waals surface area (Å²) in [5, 5.41) is 0. The summed E-state index contributed by atoms with van der Waals surface area (Å²) < 4.78 is 29.3. The largest absolute Gasteiger partial charge is 0.371 e. The van der Waals surface area contributed by atoms with Crippen molar-refractivity contribution < 1.29 is 18.9 Å². The molecule has 9 aliphatic rings. The van der Waals surface area contributed by atoms with Crippen LogP contribution in [0.4, 0.5) is 0 Å². The SMILES string of the molecule is C1CCC2C(C1)OC1C3OC4CCCCC4P4C5CCCCC5OC(C5OC6CCCCC6P2C15)C34. The van der Waals surface area contributed by atoms with Gasteiger partial charge in [0.2, 0.25) is 0 Å². The molecule has 0 aromatic heterocycles. The molecule has 4 aliphatic heterocycles. The number of hydrogen-bond donors (Lipinski definition) is 0. The van der Waals surface area contributed by atoms with Crippen molar-refractivity contribution in [2.75, 3.05) is 0 Å². The maximum absolute atomic E-state index is 7.33. The lowest BCUT2D eigenvalue weighted by Gasteiger charge is -2.69. The zero-order chi connectivity index (χ0) is 23.4. The first kappa shape index (κ1) is 23.4. The minimum Gasteiger partial charge on any atom is -0.371 e. The fourth-order valence-corrected chi connectivity index (χ4v) is 20.4. The quantitative estimate of drug-likeness (QED) is 0.332. The molecule has 6 heteroatoms. The van der Waals surface area contributed by atoms with Gasteiger partial charge in [0, 0.05) is 34.0 Å². The van der Waals surface area contributed by atoms with E-state index in [1.807, 2.05) is 0 Å². The van der Waals surface area contributed by atoms with Crippen molar-refractivity contribution in [3.8, 4) is 0 Å². The van der Waals surface area contributed by atoms with E-state index in [0.29, 0.717) is 60.1 Å². The third-order valence-electron chi connectivity index (χ3n) is 12.2. The second-order valence-corrected chi connectivity index (χ2v) is 19.5. The lowest BCUT2D eigenvalue weighted by molar-refractivity contribution is -0.233. The second-order valence-electron chi connectivity index (χ2n) is 13.8. The van der Waals surface area contributed by atoms with Gasteiger partial charge in [-0.05, 0) is 51.4 Å². The number of rotatable bonds is 0. The van der Waals surface area contributed by atoms with Gasteiger partial charge in [0.25, 0.3) is 0 Å². The van der Waals surface area contributed by atoms with Gasteiger partial charge in [0.1, 0.15) is 0 Å². The van der Waals surface area contributed by atoms with E-state index < -0.39 is 0 Å². The Kier molecular flexibility index (Phi) is 5.92. The van der Waals surface area contributed by atoms with Crippen LogP contribution in [0, 0.1) is 0 Å². The third kappa shape index (κ3) is 3.34. The summed E-state index contributed by atoms with van der Waals surface area (Å²) in [5.41, 5.74) is 4.43. The molecule has 0 bridgehead atoms. The summed E-state index contributed by atoms with van der Waals surface area (Å²) in [5.74, 6) is 0. The Morgan fingerprint density at radius 3 is 0.861 bits per heavy atom. The molecule has 12 unspecified atom stereocenters. The van der Waals surface area contributed by atoms with Crippen LogP contribution >= 0.6 is 15.8 Å². The fourth-order valence-electron chi connectivity index (χ4n) is 11.0. The Morgan fingerprint density at radius 2 is 0.583 bits per heavy atom. The molecule has 4 nitrogen and oxygen atoms in total. The minimum absolute atomic E-state index is 0.0904. The molecular formula is C30H46O4P2. The third-order valence-corrected chi connectivity index (χ3v) is 20.2. The van der Waals surface area contributed by atoms with Crippen molar-refractivity contribution in [1.29, 1.82) is 0 Å². The highest BCUT2D eigenvalue weighted by Crippen LogP contribution is 2.74. The molecule has 0 N–H and O–H groups in total. The van der Waals surface area contributed by atoms with Crippen molar-refractivity contribution in [3.05, 3.63) is 0 Å². The smallest absolute Gasteiger partial charge is 0.0941 e. The molecule has 4 saturated heterocycles. The number of hydrogen-bond acceptors (Lipinski definition) is 4. The fraction of sp³-hybridized carbons (Fsp3) is 1.00. The summed E-state index contributed by atoms with van der Waals surface area (Å²) in [4.78, 5) is 0. The molecule has 5 saturated carbocycles. The Balaban J connectivity index is 1.17. The summed E-state index contributed by atoms with van der Waals surface area (Å²) in [7, 11) is -0.181. The number of ether oxygens (including phenoxy) is 4. The summed E-state index contributed by atoms with van der Waals surface area (Å²) in [6.07, 6.45) is 25.3. The van der Waals surface area contributed by atoms with Crippen LogP contribution < -0.4 is 0 Å². The Bertz CT molecular complexity index is 725. The van der Waals surface area contributed by atoms with Crippen molar-refractivity contribution in [1.82, 2.24) is 0 Å². The summed E-state index contributed by atoms with van der Waals surface area (Å²) >= 11 is 0. The standard InChI is InChI=1S/C30H46O4P2/c1-5-13-21-17(9-1)31-25-26-30-28(27-29(25)35(21)22-14-6-2-10-18(22)33-27)34-20-12-4-8-16-24(20)36(30)23-15-7-3-11-19(23)32-26/h17-30H,1-16H2. The first-order chi connectivity index (χ1) is 17.9. The lowest BCUT2D eigenvalue weighted by Crippen LogP contribution is -2.75. The van der Waals surface area contributed by atoms with Crippen LogP contribution in [0.5, 0.6) is 0 Å². The van der Waals surface area contributed by atoms with Crippen LogP contribution in [0.2, 0.25) is 0 Å². The molecule has 9 fully saturated rings. The predicted molar refractivity (Wildman–Crippen MR) is 145 cm³/mol. The Hall–Kier alpha value is 0.700. The van der Waals surface area contributed by atoms with E-state index in [1.165, 1.54) is 103 Å². The van der Waals surface area contributed by atoms with E-state index in [9.17, 15) is 0 Å². The van der Waals surface area contributed by atoms with Crippen molar-refractivity contribution >= 4 is 15.8 Å². The summed E-state index contributed by atoms with van der Waals surface area (Å²) in [6, 6.07) is 0. The molecule has 12 atom stereocenters. The van der Waals surface area contributed by atoms with E-state index in [1.54, 1.807) is 0 Å². The van der Waals surface area contributed by atoms with Crippen LogP contribution in [-0.4, -0.2) is 82.8 Å². The Labute approximate surface area is 220 Å². The molecule has 200 valence electrons. The van der Waals surface area contributed by atoms with Crippen LogP contribution in [-0.2, 0) is 18.9 Å². The van der Waals surface area contributed by atoms with E-state index in [0.717, 1.165) is 22.6 Å². The first-order valence-electron chi connectivity index (χ1n) is 16.0. The number of fused-ring (bicyclic) bond motifs is 10. The van der Waals surface area contributed by atoms with Gasteiger partial charge in [-0.3, -0.25) is 0 Å². The molecule has 9 rings (SSSR count). The van der Waals surface area contributed by atoms with Gasteiger partial charge in [-0.2, -0.15) is 0 Å². The highest BCUT2D eigenvalue weighted by molar-refractivity contribution is 7.61. The highest BCUT2D eigenvalue weighted by atomic mass is 31.1. The van der Waals surface area contributed by atoms with Crippen molar-refractivity contribution in [3.63, 3.8) is 0 Å². The van der Waals surface area contributed by atoms with Crippen LogP contribution in [0.15, 0.2) is 0 Å². The molecule has 5 aliphatic carbocycles. The molecule has 36 heavy (non-hydrogen) atoms. The highest BCUT2D eigenvalue weighted by Gasteiger charge is 2.70. The molecule has 4 heterocycles. The molecule has 0 spiro atoms. The lowest BCUT2D eigenvalue weighted by atomic mass is 9.83. The summed E-state index contributed by atoms with van der Waals surface area (Å²) in [6.45, 7) is 0. The molecule has 0 amide bonds. The normalized spacial score (nSPS) is 61.3. The molecule has 0 aromatic carbocycles. The van der Waals surface area contributed by atoms with Crippen molar-refractivity contribution in [2.24, 2.45) is 0 Å². The maximum atomic E-state index is 7.33. The molecular weight excluding hydrogens is 486 g/mol. The van der Waals surface area contributed by atoms with Gasteiger partial charge in [0.15, 0.2) is 0 Å². The van der Waals surface area contributed by atoms with E-state index in [4.69, 9.17) is 18.9 Å². The zero-order valence-electron chi connectivity index (χ0n) is 21.9. The minimum atomic E-state index is -0.0904. The van der Waals surface area contributed by atoms with E-state index in [2.05, 4.69) is 0 Å². The van der Waals surface area contributed by atoms with Gasteiger partial charge in [-0.1, -0.05) is 67.2 Å². The van der Waals surface area contributed by atoms with E-state index in [-0.39, 0.29) is 15.8 Å². The first-order valence-corrected chi connectivity index (χ1v) is 19.1. The van der Waals surface area contributed by atoms with Gasteiger partial charge in [-0.15, -0.1) is 0 Å². The average molecular weight is 533 g/mol. The maximum Gasteiger partial charge on any atom is 0.0941 e. The monoisotopic (exact) mass is 532 g/mol. The van der Waals surface area contributed by atoms with E-state index >= 15 is 0 Å². The van der Waals surface area contributed by atoms with Gasteiger partial charge in [-0.25, -0.2) is 0 Å². The average Bonchev–Trinajstić information content (AvgIpc) is 2.94. The van der Waals surface area contributed by atoms with Crippen LogP contribution in [0.25, 0.3) is 0 Å². The molecule has 0 aromatic rings. The Morgan fingerprint density at radius 1 is 0.333 bits per heavy atom. The predicted octanol–water partition coefficient (Wildman–Crippen LogP) is 6.54. The zero-order valence-corrected chi connectivity index (χ0v) is 23.7. The molecule has 0 radical (unpaired) electrons. The van der Waals surface area contributed by atoms with Gasteiger partial charge in [0.05, 0.1) is 48.8 Å². The van der Waals surface area contributed by atoms with Gasteiger partial charge >= 0.3 is 0 Å². The van der Waals surface area contributed by atoms with Gasteiger partial charge < -0.3 is 18.9 Å². The van der Waals surface area contributed by atoms with Crippen LogP contribution in [0.1, 0.15) is 103 Å². The topological polar surface area (TPSA) is 36.9 Å². The van der Waals surface area contributed by atoms with Crippen LogP contribution in [0.3, 0.4) is 0 Å². The van der Waals surface area contributed by atoms with Crippen molar-refractivity contribution in [2.45, 2.75) is 186 Å².